The van der Waals surface area contributed by atoms with Crippen molar-refractivity contribution in [1.82, 2.24) is 9.55 Å². The minimum absolute atomic E-state index is 0.102. The van der Waals surface area contributed by atoms with Gasteiger partial charge in [0.1, 0.15) is 23.2 Å². The van der Waals surface area contributed by atoms with Crippen molar-refractivity contribution in [3.05, 3.63) is 64.2 Å². The second-order valence-corrected chi connectivity index (χ2v) is 8.00. The zero-order valence-electron chi connectivity index (χ0n) is 17.2. The van der Waals surface area contributed by atoms with E-state index < -0.39 is 22.9 Å². The molecule has 0 aliphatic carbocycles. The molecule has 0 unspecified atom stereocenters. The molecule has 9 heteroatoms. The lowest BCUT2D eigenvalue weighted by molar-refractivity contribution is 0.404. The fourth-order valence-corrected chi connectivity index (χ4v) is 4.12. The van der Waals surface area contributed by atoms with Crippen LogP contribution < -0.4 is 10.3 Å². The number of benzene rings is 2. The quantitative estimate of drug-likeness (QED) is 0.546. The van der Waals surface area contributed by atoms with E-state index >= 15 is 0 Å². The van der Waals surface area contributed by atoms with Gasteiger partial charge in [0.2, 0.25) is 0 Å². The van der Waals surface area contributed by atoms with Crippen molar-refractivity contribution in [1.29, 1.82) is 10.5 Å². The van der Waals surface area contributed by atoms with Crippen LogP contribution in [0.3, 0.4) is 0 Å². The van der Waals surface area contributed by atoms with Gasteiger partial charge in [0.25, 0.3) is 12.3 Å². The minimum Gasteiger partial charge on any atom is -0.453 e. The third kappa shape index (κ3) is 4.33. The molecule has 32 heavy (non-hydrogen) atoms. The van der Waals surface area contributed by atoms with Crippen LogP contribution in [0, 0.1) is 40.1 Å². The molecule has 2 aromatic carbocycles. The van der Waals surface area contributed by atoms with Crippen molar-refractivity contribution in [2.24, 2.45) is 5.92 Å². The Balaban J connectivity index is 1.56. The average molecular weight is 432 g/mol. The van der Waals surface area contributed by atoms with Gasteiger partial charge in [-0.1, -0.05) is 25.5 Å². The molecule has 1 aliphatic rings. The maximum absolute atomic E-state index is 14.1. The number of rotatable bonds is 5. The molecular formula is C23H19BF2N4O2. The molecule has 0 atom stereocenters. The summed E-state index contributed by atoms with van der Waals surface area (Å²) in [5, 5.41) is 18.4. The van der Waals surface area contributed by atoms with E-state index in [0.717, 1.165) is 44.0 Å². The predicted octanol–water partition coefficient (Wildman–Crippen LogP) is 4.70. The minimum atomic E-state index is -0.891. The highest BCUT2D eigenvalue weighted by Crippen LogP contribution is 2.31. The number of nitrogens with zero attached hydrogens (tertiary/aromatic N) is 4. The first-order valence-electron chi connectivity index (χ1n) is 10.4. The average Bonchev–Trinajstić information content (AvgIpc) is 2.82. The first-order chi connectivity index (χ1) is 15.5. The molecule has 1 fully saturated rings. The zero-order chi connectivity index (χ0) is 22.7. The van der Waals surface area contributed by atoms with E-state index in [0.29, 0.717) is 18.0 Å². The highest BCUT2D eigenvalue weighted by molar-refractivity contribution is 6.67. The van der Waals surface area contributed by atoms with Gasteiger partial charge >= 0.3 is 0 Å². The van der Waals surface area contributed by atoms with Crippen LogP contribution in [0.25, 0.3) is 10.9 Å². The van der Waals surface area contributed by atoms with E-state index in [1.54, 1.807) is 12.1 Å². The Morgan fingerprint density at radius 1 is 1.16 bits per heavy atom. The Kier molecular flexibility index (Phi) is 6.18. The third-order valence-corrected chi connectivity index (χ3v) is 5.99. The fourth-order valence-electron chi connectivity index (χ4n) is 4.12. The summed E-state index contributed by atoms with van der Waals surface area (Å²) < 4.78 is 35.0. The van der Waals surface area contributed by atoms with E-state index in [4.69, 9.17) is 15.3 Å². The summed E-state index contributed by atoms with van der Waals surface area (Å²) in [5.41, 5.74) is -0.348. The predicted molar refractivity (Wildman–Crippen MR) is 115 cm³/mol. The van der Waals surface area contributed by atoms with Crippen LogP contribution in [0.1, 0.15) is 24.8 Å². The van der Waals surface area contributed by atoms with Crippen molar-refractivity contribution >= 4 is 17.6 Å². The number of fused-ring (bicyclic) bond motifs is 1. The van der Waals surface area contributed by atoms with Gasteiger partial charge in [-0.15, -0.1) is 0 Å². The Bertz CT molecular complexity index is 1300. The smallest absolute Gasteiger partial charge is 0.267 e. The SMILES string of the molecule is N#CB1CCC(CCn2cnc3ccc(Oc4c(F)ccc(F)c4C#N)cc3c2=O)CC1. The van der Waals surface area contributed by atoms with Crippen LogP contribution in [0.4, 0.5) is 8.78 Å². The second kappa shape index (κ2) is 9.19. The fraction of sp³-hybridized carbons (Fsp3) is 0.304. The molecular weight excluding hydrogens is 413 g/mol. The molecule has 1 aromatic heterocycles. The van der Waals surface area contributed by atoms with Gasteiger partial charge in [0, 0.05) is 12.5 Å². The first-order valence-corrected chi connectivity index (χ1v) is 10.4. The number of hydrogen-bond donors (Lipinski definition) is 0. The Morgan fingerprint density at radius 2 is 1.91 bits per heavy atom. The highest BCUT2D eigenvalue weighted by atomic mass is 19.1. The van der Waals surface area contributed by atoms with Gasteiger partial charge < -0.3 is 4.74 Å². The summed E-state index contributed by atoms with van der Waals surface area (Å²) >= 11 is 0. The Morgan fingerprint density at radius 3 is 2.62 bits per heavy atom. The first kappa shape index (κ1) is 21.5. The van der Waals surface area contributed by atoms with Crippen LogP contribution in [-0.4, -0.2) is 16.3 Å². The molecule has 160 valence electrons. The Hall–Kier alpha value is -3.72. The molecule has 0 saturated carbocycles. The summed E-state index contributed by atoms with van der Waals surface area (Å²) in [4.78, 5) is 17.3. The van der Waals surface area contributed by atoms with Gasteiger partial charge in [0.05, 0.1) is 17.2 Å². The highest BCUT2D eigenvalue weighted by Gasteiger charge is 2.24. The third-order valence-electron chi connectivity index (χ3n) is 5.99. The number of ether oxygens (including phenoxy) is 1. The van der Waals surface area contributed by atoms with Crippen LogP contribution in [-0.2, 0) is 6.54 Å². The van der Waals surface area contributed by atoms with E-state index in [1.165, 1.54) is 23.0 Å². The second-order valence-electron chi connectivity index (χ2n) is 8.00. The maximum Gasteiger partial charge on any atom is 0.267 e. The van der Waals surface area contributed by atoms with Crippen LogP contribution in [0.5, 0.6) is 11.5 Å². The van der Waals surface area contributed by atoms with E-state index in [9.17, 15) is 13.6 Å². The molecule has 3 aromatic rings. The molecule has 6 nitrogen and oxygen atoms in total. The number of hydrogen-bond acceptors (Lipinski definition) is 5. The standard InChI is InChI=1S/C23H19BF2N4O2/c25-19-2-3-20(26)22(18(19)12-27)32-16-1-4-21-17(11-16)23(31)30(14-29-21)10-7-15-5-8-24(13-28)9-6-15/h1-4,11,14-15H,5-10H2. The van der Waals surface area contributed by atoms with Crippen molar-refractivity contribution in [2.45, 2.75) is 38.4 Å². The molecule has 0 N–H and O–H groups in total. The molecule has 0 spiro atoms. The molecule has 0 bridgehead atoms. The van der Waals surface area contributed by atoms with Gasteiger partial charge in [-0.05, 0) is 42.7 Å². The van der Waals surface area contributed by atoms with Crippen molar-refractivity contribution in [3.8, 4) is 23.5 Å². The maximum atomic E-state index is 14.1. The monoisotopic (exact) mass is 432 g/mol. The number of aromatic nitrogens is 2. The molecule has 1 aliphatic heterocycles. The van der Waals surface area contributed by atoms with Crippen LogP contribution >= 0.6 is 0 Å². The normalized spacial score (nSPS) is 14.2. The van der Waals surface area contributed by atoms with Gasteiger partial charge in [-0.25, -0.2) is 19.0 Å². The van der Waals surface area contributed by atoms with Crippen molar-refractivity contribution < 1.29 is 13.5 Å². The summed E-state index contributed by atoms with van der Waals surface area (Å²) in [7, 11) is 0. The lowest BCUT2D eigenvalue weighted by Crippen LogP contribution is -2.24. The van der Waals surface area contributed by atoms with E-state index in [-0.39, 0.29) is 23.4 Å². The topological polar surface area (TPSA) is 91.7 Å². The van der Waals surface area contributed by atoms with Crippen molar-refractivity contribution in [3.63, 3.8) is 0 Å². The number of aryl methyl sites for hydroxylation is 1. The van der Waals surface area contributed by atoms with E-state index in [1.807, 2.05) is 0 Å². The van der Waals surface area contributed by atoms with Gasteiger partial charge in [0.15, 0.2) is 11.6 Å². The van der Waals surface area contributed by atoms with Gasteiger partial charge in [-0.3, -0.25) is 9.36 Å². The largest absolute Gasteiger partial charge is 0.453 e. The summed E-state index contributed by atoms with van der Waals surface area (Å²) in [5.74, 6) is 0.604. The van der Waals surface area contributed by atoms with Gasteiger partial charge in [-0.2, -0.15) is 5.26 Å². The van der Waals surface area contributed by atoms with Crippen LogP contribution in [0.15, 0.2) is 41.5 Å². The summed E-state index contributed by atoms with van der Waals surface area (Å²) in [6.45, 7) is 0.644. The zero-order valence-corrected chi connectivity index (χ0v) is 17.2. The molecule has 0 amide bonds. The molecule has 2 heterocycles. The van der Waals surface area contributed by atoms with Crippen molar-refractivity contribution in [2.75, 3.05) is 0 Å². The van der Waals surface area contributed by atoms with E-state index in [2.05, 4.69) is 11.0 Å². The Labute approximate surface area is 183 Å². The lowest BCUT2D eigenvalue weighted by atomic mass is 9.41. The number of nitriles is 2. The summed E-state index contributed by atoms with van der Waals surface area (Å²) in [6, 6.07) is 7.80. The summed E-state index contributed by atoms with van der Waals surface area (Å²) in [6.07, 6.45) is 6.08. The molecule has 1 saturated heterocycles. The lowest BCUT2D eigenvalue weighted by Gasteiger charge is -2.23. The number of halogens is 2. The molecule has 4 rings (SSSR count). The molecule has 0 radical (unpaired) electrons. The van der Waals surface area contributed by atoms with Crippen LogP contribution in [0.2, 0.25) is 12.6 Å².